The third kappa shape index (κ3) is 3.26. The molecule has 5 nitrogen and oxygen atoms in total. The third-order valence-electron chi connectivity index (χ3n) is 2.88. The Bertz CT molecular complexity index is 663. The maximum atomic E-state index is 12.7. The van der Waals surface area contributed by atoms with Gasteiger partial charge in [0.2, 0.25) is 0 Å². The number of esters is 1. The second-order valence-electron chi connectivity index (χ2n) is 4.37. The molecule has 0 bridgehead atoms. The van der Waals surface area contributed by atoms with Crippen LogP contribution in [0.3, 0.4) is 0 Å². The number of alkyl halides is 3. The van der Waals surface area contributed by atoms with Crippen molar-refractivity contribution in [3.63, 3.8) is 0 Å². The van der Waals surface area contributed by atoms with Gasteiger partial charge in [0.1, 0.15) is 0 Å². The number of nitrogens with zero attached hydrogens (tertiary/aromatic N) is 3. The summed E-state index contributed by atoms with van der Waals surface area (Å²) in [5.41, 5.74) is 0.766. The lowest BCUT2D eigenvalue weighted by atomic mass is 10.1. The van der Waals surface area contributed by atoms with Gasteiger partial charge in [-0.15, -0.1) is 5.10 Å². The molecular weight excluding hydrogens is 299 g/mol. The molecule has 0 fully saturated rings. The van der Waals surface area contributed by atoms with Crippen LogP contribution in [0.5, 0.6) is 0 Å². The average molecular weight is 313 g/mol. The predicted octanol–water partition coefficient (Wildman–Crippen LogP) is 3.16. The molecule has 8 heteroatoms. The first-order chi connectivity index (χ1) is 10.4. The van der Waals surface area contributed by atoms with Crippen molar-refractivity contribution in [2.75, 3.05) is 6.61 Å². The van der Waals surface area contributed by atoms with E-state index < -0.39 is 18.0 Å². The van der Waals surface area contributed by atoms with Crippen LogP contribution in [0.2, 0.25) is 0 Å². The van der Waals surface area contributed by atoms with Crippen LogP contribution in [0.1, 0.15) is 30.0 Å². The van der Waals surface area contributed by atoms with Crippen LogP contribution in [-0.4, -0.2) is 27.3 Å². The quantitative estimate of drug-likeness (QED) is 0.814. The molecule has 2 aromatic rings. The smallest absolute Gasteiger partial charge is 0.453 e. The van der Waals surface area contributed by atoms with Crippen LogP contribution >= 0.6 is 0 Å². The van der Waals surface area contributed by atoms with Gasteiger partial charge in [-0.3, -0.25) is 0 Å². The Kier molecular flexibility index (Phi) is 4.48. The van der Waals surface area contributed by atoms with Crippen molar-refractivity contribution in [2.24, 2.45) is 0 Å². The number of aryl methyl sites for hydroxylation is 1. The Morgan fingerprint density at radius 3 is 2.36 bits per heavy atom. The van der Waals surface area contributed by atoms with Crippen molar-refractivity contribution in [3.05, 3.63) is 35.7 Å². The van der Waals surface area contributed by atoms with E-state index >= 15 is 0 Å². The zero-order valence-corrected chi connectivity index (χ0v) is 12.0. The molecule has 0 N–H and O–H groups in total. The van der Waals surface area contributed by atoms with Crippen LogP contribution in [0.4, 0.5) is 13.2 Å². The highest BCUT2D eigenvalue weighted by molar-refractivity contribution is 5.89. The van der Waals surface area contributed by atoms with Crippen LogP contribution in [-0.2, 0) is 17.5 Å². The molecular formula is C14H14F3N3O2. The summed E-state index contributed by atoms with van der Waals surface area (Å²) >= 11 is 0. The number of benzene rings is 1. The van der Waals surface area contributed by atoms with Gasteiger partial charge in [0.15, 0.2) is 5.82 Å². The van der Waals surface area contributed by atoms with E-state index in [1.54, 1.807) is 13.8 Å². The zero-order valence-electron chi connectivity index (χ0n) is 12.0. The summed E-state index contributed by atoms with van der Waals surface area (Å²) in [5.74, 6) is -1.56. The van der Waals surface area contributed by atoms with Gasteiger partial charge in [0, 0.05) is 12.1 Å². The van der Waals surface area contributed by atoms with Gasteiger partial charge < -0.3 is 4.74 Å². The van der Waals surface area contributed by atoms with Crippen molar-refractivity contribution in [2.45, 2.75) is 26.6 Å². The lowest BCUT2D eigenvalue weighted by molar-refractivity contribution is -0.144. The number of ether oxygens (including phenoxy) is 1. The monoisotopic (exact) mass is 313 g/mol. The van der Waals surface area contributed by atoms with Crippen molar-refractivity contribution >= 4 is 5.97 Å². The van der Waals surface area contributed by atoms with E-state index in [0.717, 1.165) is 0 Å². The molecule has 22 heavy (non-hydrogen) atoms. The summed E-state index contributed by atoms with van der Waals surface area (Å²) in [6, 6.07) is 6.00. The maximum absolute atomic E-state index is 12.7. The van der Waals surface area contributed by atoms with E-state index in [0.29, 0.717) is 11.1 Å². The normalized spacial score (nSPS) is 11.5. The largest absolute Gasteiger partial charge is 0.462 e. The maximum Gasteiger partial charge on any atom is 0.453 e. The molecule has 0 atom stereocenters. The van der Waals surface area contributed by atoms with E-state index in [1.165, 1.54) is 28.9 Å². The topological polar surface area (TPSA) is 57.0 Å². The standard InChI is InChI=1S/C14H14F3N3O2/c1-3-20-11(18-13(19-20)14(15,16)17)9-5-7-10(8-6-9)12(21)22-4-2/h5-8H,3-4H2,1-2H3. The highest BCUT2D eigenvalue weighted by Crippen LogP contribution is 2.29. The average Bonchev–Trinajstić information content (AvgIpc) is 2.92. The number of rotatable bonds is 4. The molecule has 0 aliphatic heterocycles. The molecule has 0 aliphatic carbocycles. The second-order valence-corrected chi connectivity index (χ2v) is 4.37. The highest BCUT2D eigenvalue weighted by Gasteiger charge is 2.37. The van der Waals surface area contributed by atoms with Crippen LogP contribution in [0, 0.1) is 0 Å². The molecule has 1 heterocycles. The fourth-order valence-corrected chi connectivity index (χ4v) is 1.87. The van der Waals surface area contributed by atoms with Crippen molar-refractivity contribution in [1.29, 1.82) is 0 Å². The lowest BCUT2D eigenvalue weighted by Gasteiger charge is -2.04. The molecule has 118 valence electrons. The van der Waals surface area contributed by atoms with E-state index in [4.69, 9.17) is 4.74 Å². The molecule has 1 aromatic carbocycles. The second kappa shape index (κ2) is 6.17. The summed E-state index contributed by atoms with van der Waals surface area (Å²) in [6.45, 7) is 3.86. The molecule has 0 amide bonds. The van der Waals surface area contributed by atoms with E-state index in [9.17, 15) is 18.0 Å². The number of carbonyl (C=O) groups excluding carboxylic acids is 1. The van der Waals surface area contributed by atoms with Gasteiger partial charge >= 0.3 is 12.1 Å². The number of aromatic nitrogens is 3. The number of halogens is 3. The van der Waals surface area contributed by atoms with Crippen LogP contribution in [0.15, 0.2) is 24.3 Å². The molecule has 0 saturated carbocycles. The molecule has 0 spiro atoms. The number of hydrogen-bond donors (Lipinski definition) is 0. The first-order valence-corrected chi connectivity index (χ1v) is 6.66. The van der Waals surface area contributed by atoms with Gasteiger partial charge in [-0.05, 0) is 26.0 Å². The summed E-state index contributed by atoms with van der Waals surface area (Å²) in [6.07, 6.45) is -4.60. The van der Waals surface area contributed by atoms with Gasteiger partial charge in [0.25, 0.3) is 5.82 Å². The van der Waals surface area contributed by atoms with E-state index in [1.807, 2.05) is 0 Å². The SMILES string of the molecule is CCOC(=O)c1ccc(-c2nc(C(F)(F)F)nn2CC)cc1. The number of carbonyl (C=O) groups is 1. The van der Waals surface area contributed by atoms with E-state index in [-0.39, 0.29) is 19.0 Å². The molecule has 1 aromatic heterocycles. The molecule has 0 saturated heterocycles. The Labute approximate surface area is 124 Å². The van der Waals surface area contributed by atoms with Crippen LogP contribution in [0.25, 0.3) is 11.4 Å². The molecule has 0 radical (unpaired) electrons. The van der Waals surface area contributed by atoms with Crippen LogP contribution < -0.4 is 0 Å². The summed E-state index contributed by atoms with van der Waals surface area (Å²) in [7, 11) is 0. The third-order valence-corrected chi connectivity index (χ3v) is 2.88. The van der Waals surface area contributed by atoms with Crippen molar-refractivity contribution in [1.82, 2.24) is 14.8 Å². The minimum absolute atomic E-state index is 0.102. The fraction of sp³-hybridized carbons (Fsp3) is 0.357. The van der Waals surface area contributed by atoms with Gasteiger partial charge in [-0.1, -0.05) is 12.1 Å². The minimum Gasteiger partial charge on any atom is -0.462 e. The summed E-state index contributed by atoms with van der Waals surface area (Å²) in [4.78, 5) is 15.1. The lowest BCUT2D eigenvalue weighted by Crippen LogP contribution is -2.08. The molecule has 0 aliphatic rings. The summed E-state index contributed by atoms with van der Waals surface area (Å²) in [5, 5.41) is 3.45. The molecule has 0 unspecified atom stereocenters. The van der Waals surface area contributed by atoms with Gasteiger partial charge in [0.05, 0.1) is 12.2 Å². The minimum atomic E-state index is -4.60. The predicted molar refractivity (Wildman–Crippen MR) is 72.1 cm³/mol. The molecule has 2 rings (SSSR count). The number of hydrogen-bond acceptors (Lipinski definition) is 4. The van der Waals surface area contributed by atoms with Crippen molar-refractivity contribution < 1.29 is 22.7 Å². The Balaban J connectivity index is 2.36. The van der Waals surface area contributed by atoms with Gasteiger partial charge in [-0.2, -0.15) is 13.2 Å². The van der Waals surface area contributed by atoms with Gasteiger partial charge in [-0.25, -0.2) is 14.5 Å². The Morgan fingerprint density at radius 2 is 1.86 bits per heavy atom. The Morgan fingerprint density at radius 1 is 1.23 bits per heavy atom. The fourth-order valence-electron chi connectivity index (χ4n) is 1.87. The first-order valence-electron chi connectivity index (χ1n) is 6.66. The summed E-state index contributed by atoms with van der Waals surface area (Å²) < 4.78 is 44.1. The van der Waals surface area contributed by atoms with E-state index in [2.05, 4.69) is 10.1 Å². The highest BCUT2D eigenvalue weighted by atomic mass is 19.4. The van der Waals surface area contributed by atoms with Crippen molar-refractivity contribution in [3.8, 4) is 11.4 Å². The first kappa shape index (κ1) is 16.0. The Hall–Kier alpha value is -2.38. The zero-order chi connectivity index (χ0) is 16.3.